The third-order valence-corrected chi connectivity index (χ3v) is 3.34. The Morgan fingerprint density at radius 2 is 1.86 bits per heavy atom. The van der Waals surface area contributed by atoms with Crippen LogP contribution in [0.3, 0.4) is 0 Å². The summed E-state index contributed by atoms with van der Waals surface area (Å²) in [7, 11) is 1.69. The molecule has 0 bridgehead atoms. The van der Waals surface area contributed by atoms with Gasteiger partial charge in [-0.1, -0.05) is 32.3 Å². The minimum absolute atomic E-state index is 0.0956. The summed E-state index contributed by atoms with van der Waals surface area (Å²) in [5.41, 5.74) is 1.28. The van der Waals surface area contributed by atoms with Crippen molar-refractivity contribution in [2.24, 2.45) is 0 Å². The molecule has 0 saturated heterocycles. The highest BCUT2D eigenvalue weighted by Gasteiger charge is 2.12. The van der Waals surface area contributed by atoms with Crippen molar-refractivity contribution >= 4 is 0 Å². The second-order valence-corrected chi connectivity index (χ2v) is 6.49. The van der Waals surface area contributed by atoms with Crippen LogP contribution in [0.25, 0.3) is 0 Å². The van der Waals surface area contributed by atoms with Gasteiger partial charge in [0.25, 0.3) is 0 Å². The van der Waals surface area contributed by atoms with E-state index in [0.717, 1.165) is 31.1 Å². The van der Waals surface area contributed by atoms with E-state index in [1.54, 1.807) is 7.11 Å². The van der Waals surface area contributed by atoms with E-state index in [2.05, 4.69) is 39.1 Å². The summed E-state index contributed by atoms with van der Waals surface area (Å²) in [6.45, 7) is 10.3. The summed E-state index contributed by atoms with van der Waals surface area (Å²) in [6.07, 6.45) is 4.87. The van der Waals surface area contributed by atoms with E-state index in [1.807, 2.05) is 12.1 Å². The van der Waals surface area contributed by atoms with E-state index < -0.39 is 0 Å². The zero-order valence-electron chi connectivity index (χ0n) is 14.3. The Hall–Kier alpha value is -1.22. The van der Waals surface area contributed by atoms with Gasteiger partial charge in [-0.25, -0.2) is 0 Å². The maximum absolute atomic E-state index is 5.97. The van der Waals surface area contributed by atoms with E-state index in [1.165, 1.54) is 24.8 Å². The normalized spacial score (nSPS) is 11.5. The van der Waals surface area contributed by atoms with Gasteiger partial charge in [-0.3, -0.25) is 0 Å². The first-order valence-electron chi connectivity index (χ1n) is 8.01. The van der Waals surface area contributed by atoms with Crippen molar-refractivity contribution in [1.82, 2.24) is 5.32 Å². The van der Waals surface area contributed by atoms with Crippen molar-refractivity contribution in [2.75, 3.05) is 13.7 Å². The molecule has 1 rings (SSSR count). The molecule has 21 heavy (non-hydrogen) atoms. The van der Waals surface area contributed by atoms with Gasteiger partial charge >= 0.3 is 0 Å². The number of ether oxygens (including phenoxy) is 2. The summed E-state index contributed by atoms with van der Waals surface area (Å²) in [6, 6.07) is 6.06. The standard InChI is InChI=1S/C18H31NO2/c1-6-7-8-9-12-21-17-13-16(20-5)11-10-15(17)14-19-18(2,3)4/h10-11,13,19H,6-9,12,14H2,1-5H3. The van der Waals surface area contributed by atoms with Crippen LogP contribution in [0.5, 0.6) is 11.5 Å². The predicted octanol–water partition coefficient (Wildman–Crippen LogP) is 4.54. The maximum Gasteiger partial charge on any atom is 0.127 e. The Morgan fingerprint density at radius 3 is 2.48 bits per heavy atom. The Balaban J connectivity index is 2.63. The van der Waals surface area contributed by atoms with Gasteiger partial charge in [-0.15, -0.1) is 0 Å². The van der Waals surface area contributed by atoms with Crippen molar-refractivity contribution in [3.8, 4) is 11.5 Å². The summed E-state index contributed by atoms with van der Waals surface area (Å²) in [4.78, 5) is 0. The molecule has 0 radical (unpaired) electrons. The lowest BCUT2D eigenvalue weighted by Gasteiger charge is -2.22. The third kappa shape index (κ3) is 7.37. The Bertz CT molecular complexity index is 410. The van der Waals surface area contributed by atoms with Crippen molar-refractivity contribution in [3.05, 3.63) is 23.8 Å². The zero-order chi connectivity index (χ0) is 15.7. The summed E-state index contributed by atoms with van der Waals surface area (Å²) < 4.78 is 11.3. The maximum atomic E-state index is 5.97. The van der Waals surface area contributed by atoms with E-state index >= 15 is 0 Å². The summed E-state index contributed by atoms with van der Waals surface area (Å²) in [5, 5.41) is 3.51. The lowest BCUT2D eigenvalue weighted by molar-refractivity contribution is 0.297. The third-order valence-electron chi connectivity index (χ3n) is 3.34. The first-order valence-corrected chi connectivity index (χ1v) is 8.01. The fraction of sp³-hybridized carbons (Fsp3) is 0.667. The van der Waals surface area contributed by atoms with Crippen LogP contribution in [0.15, 0.2) is 18.2 Å². The molecule has 1 aromatic carbocycles. The van der Waals surface area contributed by atoms with Gasteiger partial charge in [0.05, 0.1) is 13.7 Å². The van der Waals surface area contributed by atoms with E-state index in [9.17, 15) is 0 Å². The molecule has 0 heterocycles. The molecule has 0 atom stereocenters. The highest BCUT2D eigenvalue weighted by atomic mass is 16.5. The average Bonchev–Trinajstić information content (AvgIpc) is 2.44. The van der Waals surface area contributed by atoms with E-state index in [0.29, 0.717) is 0 Å². The lowest BCUT2D eigenvalue weighted by atomic mass is 10.1. The molecule has 3 heteroatoms. The monoisotopic (exact) mass is 293 g/mol. The van der Waals surface area contributed by atoms with Crippen molar-refractivity contribution in [3.63, 3.8) is 0 Å². The highest BCUT2D eigenvalue weighted by molar-refractivity contribution is 5.40. The Labute approximate surface area is 130 Å². The molecule has 0 aliphatic rings. The van der Waals surface area contributed by atoms with Crippen molar-refractivity contribution < 1.29 is 9.47 Å². The van der Waals surface area contributed by atoms with E-state index in [4.69, 9.17) is 9.47 Å². The number of hydrogen-bond acceptors (Lipinski definition) is 3. The van der Waals surface area contributed by atoms with Gasteiger partial charge in [0.2, 0.25) is 0 Å². The molecule has 1 N–H and O–H groups in total. The number of hydrogen-bond donors (Lipinski definition) is 1. The van der Waals surface area contributed by atoms with Gasteiger partial charge in [0.15, 0.2) is 0 Å². The smallest absolute Gasteiger partial charge is 0.127 e. The van der Waals surface area contributed by atoms with Crippen molar-refractivity contribution in [1.29, 1.82) is 0 Å². The van der Waals surface area contributed by atoms with Crippen LogP contribution in [0.2, 0.25) is 0 Å². The quantitative estimate of drug-likeness (QED) is 0.678. The molecule has 0 fully saturated rings. The molecule has 0 spiro atoms. The topological polar surface area (TPSA) is 30.5 Å². The van der Waals surface area contributed by atoms with Gasteiger partial charge < -0.3 is 14.8 Å². The minimum atomic E-state index is 0.0956. The molecular formula is C18H31NO2. The minimum Gasteiger partial charge on any atom is -0.497 e. The molecule has 0 amide bonds. The predicted molar refractivity (Wildman–Crippen MR) is 89.2 cm³/mol. The van der Waals surface area contributed by atoms with Crippen LogP contribution < -0.4 is 14.8 Å². The van der Waals surface area contributed by atoms with Gasteiger partial charge in [-0.2, -0.15) is 0 Å². The number of methoxy groups -OCH3 is 1. The van der Waals surface area contributed by atoms with Crippen molar-refractivity contribution in [2.45, 2.75) is 65.5 Å². The molecular weight excluding hydrogens is 262 g/mol. The summed E-state index contributed by atoms with van der Waals surface area (Å²) >= 11 is 0. The van der Waals surface area contributed by atoms with Crippen LogP contribution in [0.1, 0.15) is 58.9 Å². The fourth-order valence-corrected chi connectivity index (χ4v) is 2.01. The first kappa shape index (κ1) is 17.8. The number of nitrogens with one attached hydrogen (secondary N) is 1. The molecule has 3 nitrogen and oxygen atoms in total. The van der Waals surface area contributed by atoms with Crippen LogP contribution in [0, 0.1) is 0 Å². The number of rotatable bonds is 9. The Kier molecular flexibility index (Phi) is 7.58. The number of unbranched alkanes of at least 4 members (excludes halogenated alkanes) is 3. The molecule has 0 aliphatic heterocycles. The van der Waals surface area contributed by atoms with Crippen LogP contribution in [-0.2, 0) is 6.54 Å². The van der Waals surface area contributed by atoms with Crippen LogP contribution in [0.4, 0.5) is 0 Å². The molecule has 0 saturated carbocycles. The SMILES string of the molecule is CCCCCCOc1cc(OC)ccc1CNC(C)(C)C. The van der Waals surface area contributed by atoms with Crippen LogP contribution in [-0.4, -0.2) is 19.3 Å². The summed E-state index contributed by atoms with van der Waals surface area (Å²) in [5.74, 6) is 1.78. The average molecular weight is 293 g/mol. The second-order valence-electron chi connectivity index (χ2n) is 6.49. The molecule has 0 aromatic heterocycles. The second kappa shape index (κ2) is 8.93. The first-order chi connectivity index (χ1) is 9.96. The molecule has 120 valence electrons. The van der Waals surface area contributed by atoms with Gasteiger partial charge in [0.1, 0.15) is 11.5 Å². The zero-order valence-corrected chi connectivity index (χ0v) is 14.3. The molecule has 1 aromatic rings. The van der Waals surface area contributed by atoms with Gasteiger partial charge in [-0.05, 0) is 33.3 Å². The lowest BCUT2D eigenvalue weighted by Crippen LogP contribution is -2.35. The fourth-order valence-electron chi connectivity index (χ4n) is 2.01. The molecule has 0 aliphatic carbocycles. The number of benzene rings is 1. The van der Waals surface area contributed by atoms with Gasteiger partial charge in [0, 0.05) is 23.7 Å². The largest absolute Gasteiger partial charge is 0.497 e. The molecule has 0 unspecified atom stereocenters. The Morgan fingerprint density at radius 1 is 1.10 bits per heavy atom. The highest BCUT2D eigenvalue weighted by Crippen LogP contribution is 2.25. The van der Waals surface area contributed by atoms with E-state index in [-0.39, 0.29) is 5.54 Å². The van der Waals surface area contributed by atoms with Crippen LogP contribution >= 0.6 is 0 Å².